The molecular weight excluding hydrogens is 184 g/mol. The van der Waals surface area contributed by atoms with Crippen molar-refractivity contribution in [1.82, 2.24) is 10.6 Å². The van der Waals surface area contributed by atoms with Crippen LogP contribution in [0.15, 0.2) is 4.99 Å². The standard InChI is InChI=1S/C8H16N4S/c1-2-3-4-10-8(12-7-9)11-5-6-13/h13H,2-6H2,1H3,(H2,10,11,12). The zero-order valence-corrected chi connectivity index (χ0v) is 8.77. The monoisotopic (exact) mass is 200 g/mol. The lowest BCUT2D eigenvalue weighted by Gasteiger charge is -2.05. The van der Waals surface area contributed by atoms with Crippen LogP contribution >= 0.6 is 12.6 Å². The topological polar surface area (TPSA) is 60.2 Å². The van der Waals surface area contributed by atoms with Gasteiger partial charge in [0.25, 0.3) is 0 Å². The lowest BCUT2D eigenvalue weighted by molar-refractivity contribution is 0.794. The SMILES string of the molecule is CCCCN=C(NC#N)NCCS. The van der Waals surface area contributed by atoms with Gasteiger partial charge in [-0.2, -0.15) is 17.9 Å². The van der Waals surface area contributed by atoms with Gasteiger partial charge in [-0.15, -0.1) is 0 Å². The Balaban J connectivity index is 3.77. The van der Waals surface area contributed by atoms with Crippen LogP contribution in [0.4, 0.5) is 0 Å². The predicted molar refractivity (Wildman–Crippen MR) is 57.8 cm³/mol. The molecule has 0 aliphatic carbocycles. The van der Waals surface area contributed by atoms with Crippen molar-refractivity contribution in [3.63, 3.8) is 0 Å². The Morgan fingerprint density at radius 1 is 1.62 bits per heavy atom. The molecule has 0 aromatic carbocycles. The molecule has 0 saturated heterocycles. The summed E-state index contributed by atoms with van der Waals surface area (Å²) in [6.07, 6.45) is 3.98. The number of nitrogens with zero attached hydrogens (tertiary/aromatic N) is 2. The summed E-state index contributed by atoms with van der Waals surface area (Å²) >= 11 is 4.04. The molecule has 0 aromatic heterocycles. The zero-order chi connectivity index (χ0) is 9.94. The summed E-state index contributed by atoms with van der Waals surface area (Å²) in [6, 6.07) is 0. The molecule has 0 aliphatic heterocycles. The maximum Gasteiger partial charge on any atom is 0.204 e. The van der Waals surface area contributed by atoms with E-state index in [2.05, 4.69) is 35.2 Å². The highest BCUT2D eigenvalue weighted by molar-refractivity contribution is 7.80. The fourth-order valence-corrected chi connectivity index (χ4v) is 0.828. The van der Waals surface area contributed by atoms with Crippen LogP contribution in [0.25, 0.3) is 0 Å². The number of hydrogen-bond acceptors (Lipinski definition) is 3. The predicted octanol–water partition coefficient (Wildman–Crippen LogP) is 0.733. The molecular formula is C8H16N4S. The molecule has 0 amide bonds. The van der Waals surface area contributed by atoms with E-state index in [1.165, 1.54) is 0 Å². The summed E-state index contributed by atoms with van der Waals surface area (Å²) in [4.78, 5) is 4.18. The van der Waals surface area contributed by atoms with Crippen molar-refractivity contribution >= 4 is 18.6 Å². The van der Waals surface area contributed by atoms with Gasteiger partial charge in [0, 0.05) is 18.8 Å². The smallest absolute Gasteiger partial charge is 0.204 e. The highest BCUT2D eigenvalue weighted by Crippen LogP contribution is 1.86. The molecule has 0 aliphatic rings. The number of thiol groups is 1. The van der Waals surface area contributed by atoms with Crippen LogP contribution in [0.2, 0.25) is 0 Å². The molecule has 4 nitrogen and oxygen atoms in total. The van der Waals surface area contributed by atoms with Gasteiger partial charge in [-0.05, 0) is 6.42 Å². The van der Waals surface area contributed by atoms with E-state index in [1.54, 1.807) is 0 Å². The van der Waals surface area contributed by atoms with Gasteiger partial charge < -0.3 is 5.32 Å². The van der Waals surface area contributed by atoms with Crippen molar-refractivity contribution in [3.05, 3.63) is 0 Å². The van der Waals surface area contributed by atoms with Gasteiger partial charge >= 0.3 is 0 Å². The molecule has 0 unspecified atom stereocenters. The third-order valence-electron chi connectivity index (χ3n) is 1.36. The minimum atomic E-state index is 0.546. The van der Waals surface area contributed by atoms with Crippen LogP contribution < -0.4 is 10.6 Å². The van der Waals surface area contributed by atoms with E-state index >= 15 is 0 Å². The van der Waals surface area contributed by atoms with Crippen molar-refractivity contribution in [2.24, 2.45) is 4.99 Å². The Morgan fingerprint density at radius 3 is 2.92 bits per heavy atom. The van der Waals surface area contributed by atoms with E-state index in [1.807, 2.05) is 6.19 Å². The number of nitriles is 1. The van der Waals surface area contributed by atoms with Gasteiger partial charge in [0.1, 0.15) is 0 Å². The molecule has 0 atom stereocenters. The van der Waals surface area contributed by atoms with Crippen molar-refractivity contribution in [1.29, 1.82) is 5.26 Å². The molecule has 0 heterocycles. The maximum absolute atomic E-state index is 8.39. The second-order valence-corrected chi connectivity index (χ2v) is 2.92. The third-order valence-corrected chi connectivity index (χ3v) is 1.58. The molecule has 0 fully saturated rings. The lowest BCUT2D eigenvalue weighted by Crippen LogP contribution is -2.35. The van der Waals surface area contributed by atoms with Crippen LogP contribution in [-0.2, 0) is 0 Å². The Labute approximate surface area is 84.8 Å². The van der Waals surface area contributed by atoms with Gasteiger partial charge in [0.15, 0.2) is 6.19 Å². The van der Waals surface area contributed by atoms with Gasteiger partial charge in [0.05, 0.1) is 0 Å². The Morgan fingerprint density at radius 2 is 2.38 bits per heavy atom. The summed E-state index contributed by atoms with van der Waals surface area (Å²) in [5, 5.41) is 13.8. The summed E-state index contributed by atoms with van der Waals surface area (Å²) < 4.78 is 0. The first-order valence-corrected chi connectivity index (χ1v) is 5.02. The van der Waals surface area contributed by atoms with Gasteiger partial charge in [0.2, 0.25) is 5.96 Å². The highest BCUT2D eigenvalue weighted by atomic mass is 32.1. The minimum Gasteiger partial charge on any atom is -0.355 e. The Bertz CT molecular complexity index is 185. The first-order chi connectivity index (χ1) is 6.35. The Kier molecular flexibility index (Phi) is 8.57. The van der Waals surface area contributed by atoms with Gasteiger partial charge in [-0.1, -0.05) is 13.3 Å². The maximum atomic E-state index is 8.39. The molecule has 0 aromatic rings. The molecule has 74 valence electrons. The van der Waals surface area contributed by atoms with Crippen LogP contribution in [0.1, 0.15) is 19.8 Å². The summed E-state index contributed by atoms with van der Waals surface area (Å²) in [5.74, 6) is 1.27. The van der Waals surface area contributed by atoms with Crippen LogP contribution in [-0.4, -0.2) is 24.8 Å². The average molecular weight is 200 g/mol. The van der Waals surface area contributed by atoms with Crippen LogP contribution in [0, 0.1) is 11.5 Å². The van der Waals surface area contributed by atoms with E-state index in [0.717, 1.165) is 25.1 Å². The van der Waals surface area contributed by atoms with Gasteiger partial charge in [-0.3, -0.25) is 10.3 Å². The number of rotatable bonds is 5. The van der Waals surface area contributed by atoms with Crippen molar-refractivity contribution < 1.29 is 0 Å². The van der Waals surface area contributed by atoms with Crippen LogP contribution in [0.5, 0.6) is 0 Å². The number of guanidine groups is 1. The van der Waals surface area contributed by atoms with Crippen molar-refractivity contribution in [3.8, 4) is 6.19 Å². The second-order valence-electron chi connectivity index (χ2n) is 2.47. The molecule has 0 bridgehead atoms. The number of unbranched alkanes of at least 4 members (excludes halogenated alkanes) is 1. The van der Waals surface area contributed by atoms with E-state index < -0.39 is 0 Å². The molecule has 0 rings (SSSR count). The molecule has 0 spiro atoms. The van der Waals surface area contributed by atoms with E-state index in [4.69, 9.17) is 5.26 Å². The Hall–Kier alpha value is -0.890. The fourth-order valence-electron chi connectivity index (χ4n) is 0.716. The van der Waals surface area contributed by atoms with E-state index in [9.17, 15) is 0 Å². The van der Waals surface area contributed by atoms with Crippen LogP contribution in [0.3, 0.4) is 0 Å². The average Bonchev–Trinajstić information content (AvgIpc) is 2.14. The first kappa shape index (κ1) is 12.1. The summed E-state index contributed by atoms with van der Waals surface area (Å²) in [7, 11) is 0. The molecule has 2 N–H and O–H groups in total. The largest absolute Gasteiger partial charge is 0.355 e. The third kappa shape index (κ3) is 7.47. The van der Waals surface area contributed by atoms with Crippen molar-refractivity contribution in [2.45, 2.75) is 19.8 Å². The van der Waals surface area contributed by atoms with Crippen molar-refractivity contribution in [2.75, 3.05) is 18.8 Å². The molecule has 0 radical (unpaired) electrons. The molecule has 13 heavy (non-hydrogen) atoms. The quantitative estimate of drug-likeness (QED) is 0.153. The number of hydrogen-bond donors (Lipinski definition) is 3. The zero-order valence-electron chi connectivity index (χ0n) is 7.88. The molecule has 5 heteroatoms. The highest BCUT2D eigenvalue weighted by Gasteiger charge is 1.93. The summed E-state index contributed by atoms with van der Waals surface area (Å²) in [6.45, 7) is 3.57. The first-order valence-electron chi connectivity index (χ1n) is 4.39. The lowest BCUT2D eigenvalue weighted by atomic mass is 10.3. The summed E-state index contributed by atoms with van der Waals surface area (Å²) in [5.41, 5.74) is 0. The van der Waals surface area contributed by atoms with Gasteiger partial charge in [-0.25, -0.2) is 0 Å². The van der Waals surface area contributed by atoms with E-state index in [0.29, 0.717) is 12.5 Å². The number of nitrogens with one attached hydrogen (secondary N) is 2. The molecule has 0 saturated carbocycles. The normalized spacial score (nSPS) is 10.7. The fraction of sp³-hybridized carbons (Fsp3) is 0.750. The van der Waals surface area contributed by atoms with E-state index in [-0.39, 0.29) is 0 Å². The minimum absolute atomic E-state index is 0.546. The second kappa shape index (κ2) is 9.20. The number of aliphatic imine (C=N–C) groups is 1.